The fourth-order valence-electron chi connectivity index (χ4n) is 2.60. The van der Waals surface area contributed by atoms with E-state index in [9.17, 15) is 15.2 Å². The Bertz CT molecular complexity index is 1140. The summed E-state index contributed by atoms with van der Waals surface area (Å²) in [4.78, 5) is 10.5. The SMILES string of the molecule is CCOc1ccccc1-c1n[nH]c(=S)n1/N=C\c1cc([N+](=O)[O-])cc(OC)c1O. The number of nitro groups is 1. The van der Waals surface area contributed by atoms with E-state index in [0.717, 1.165) is 6.07 Å². The molecule has 150 valence electrons. The number of aromatic hydroxyl groups is 1. The molecule has 0 atom stereocenters. The van der Waals surface area contributed by atoms with E-state index in [4.69, 9.17) is 21.7 Å². The second-order valence-corrected chi connectivity index (χ2v) is 6.07. The predicted octanol–water partition coefficient (Wildman–Crippen LogP) is 3.51. The van der Waals surface area contributed by atoms with Gasteiger partial charge in [-0.15, -0.1) is 0 Å². The van der Waals surface area contributed by atoms with Crippen molar-refractivity contribution in [3.05, 3.63) is 56.8 Å². The number of nitro benzene ring substituents is 1. The van der Waals surface area contributed by atoms with Crippen LogP contribution in [-0.4, -0.2) is 44.8 Å². The van der Waals surface area contributed by atoms with Gasteiger partial charge >= 0.3 is 0 Å². The molecule has 1 heterocycles. The van der Waals surface area contributed by atoms with E-state index >= 15 is 0 Å². The number of non-ortho nitro benzene ring substituents is 1. The van der Waals surface area contributed by atoms with Gasteiger partial charge in [0.15, 0.2) is 17.3 Å². The van der Waals surface area contributed by atoms with Crippen LogP contribution in [0.15, 0.2) is 41.5 Å². The Morgan fingerprint density at radius 2 is 2.14 bits per heavy atom. The topological polar surface area (TPSA) is 128 Å². The molecular weight excluding hydrogens is 398 g/mol. The van der Waals surface area contributed by atoms with E-state index in [1.165, 1.54) is 24.1 Å². The van der Waals surface area contributed by atoms with E-state index in [0.29, 0.717) is 23.7 Å². The molecular formula is C18H17N5O5S. The van der Waals surface area contributed by atoms with Gasteiger partial charge in [-0.05, 0) is 31.3 Å². The number of rotatable bonds is 7. The first-order valence-electron chi connectivity index (χ1n) is 8.45. The van der Waals surface area contributed by atoms with E-state index in [-0.39, 0.29) is 27.5 Å². The molecule has 0 radical (unpaired) electrons. The highest BCUT2D eigenvalue weighted by atomic mass is 32.1. The third-order valence-corrected chi connectivity index (χ3v) is 4.17. The van der Waals surface area contributed by atoms with Crippen LogP contribution in [0.5, 0.6) is 17.2 Å². The molecule has 11 heteroatoms. The number of methoxy groups -OCH3 is 1. The number of aromatic nitrogens is 3. The maximum Gasteiger partial charge on any atom is 0.274 e. The Morgan fingerprint density at radius 3 is 2.83 bits per heavy atom. The smallest absolute Gasteiger partial charge is 0.274 e. The average molecular weight is 415 g/mol. The number of H-pyrrole nitrogens is 1. The van der Waals surface area contributed by atoms with Crippen LogP contribution in [-0.2, 0) is 0 Å². The maximum absolute atomic E-state index is 11.1. The molecule has 0 unspecified atom stereocenters. The van der Waals surface area contributed by atoms with E-state index < -0.39 is 4.92 Å². The van der Waals surface area contributed by atoms with Crippen molar-refractivity contribution in [3.63, 3.8) is 0 Å². The molecule has 0 aliphatic carbocycles. The zero-order chi connectivity index (χ0) is 21.0. The Morgan fingerprint density at radius 1 is 1.38 bits per heavy atom. The first kappa shape index (κ1) is 20.0. The molecule has 0 saturated heterocycles. The van der Waals surface area contributed by atoms with Gasteiger partial charge in [-0.3, -0.25) is 10.1 Å². The standard InChI is InChI=1S/C18H17N5O5S/c1-3-28-14-7-5-4-6-13(14)17-20-21-18(29)22(17)19-10-11-8-12(23(25)26)9-15(27-2)16(11)24/h4-10,24H,3H2,1-2H3,(H,21,29)/b19-10-. The summed E-state index contributed by atoms with van der Waals surface area (Å²) >= 11 is 5.24. The Hall–Kier alpha value is -3.73. The number of nitrogens with zero attached hydrogens (tertiary/aromatic N) is 4. The second kappa shape index (κ2) is 8.52. The summed E-state index contributed by atoms with van der Waals surface area (Å²) in [5.41, 5.74) is 0.488. The number of aromatic amines is 1. The van der Waals surface area contributed by atoms with Gasteiger partial charge in [0.25, 0.3) is 5.69 Å². The summed E-state index contributed by atoms with van der Waals surface area (Å²) in [7, 11) is 1.30. The van der Waals surface area contributed by atoms with Crippen LogP contribution in [0.4, 0.5) is 5.69 Å². The summed E-state index contributed by atoms with van der Waals surface area (Å²) in [6.07, 6.45) is 1.24. The normalized spacial score (nSPS) is 11.0. The van der Waals surface area contributed by atoms with Gasteiger partial charge in [0.1, 0.15) is 5.75 Å². The molecule has 0 spiro atoms. The van der Waals surface area contributed by atoms with Crippen LogP contribution < -0.4 is 9.47 Å². The Kier molecular flexibility index (Phi) is 5.88. The highest BCUT2D eigenvalue weighted by Crippen LogP contribution is 2.34. The van der Waals surface area contributed by atoms with Gasteiger partial charge < -0.3 is 14.6 Å². The monoisotopic (exact) mass is 415 g/mol. The molecule has 0 bridgehead atoms. The van der Waals surface area contributed by atoms with Crippen LogP contribution >= 0.6 is 12.2 Å². The van der Waals surface area contributed by atoms with Crippen LogP contribution in [0.1, 0.15) is 12.5 Å². The van der Waals surface area contributed by atoms with Gasteiger partial charge in [-0.25, -0.2) is 5.10 Å². The number of ether oxygens (including phenoxy) is 2. The summed E-state index contributed by atoms with van der Waals surface area (Å²) in [6, 6.07) is 9.55. The fraction of sp³-hybridized carbons (Fsp3) is 0.167. The minimum atomic E-state index is -0.591. The number of phenols is 1. The molecule has 29 heavy (non-hydrogen) atoms. The molecule has 0 fully saturated rings. The van der Waals surface area contributed by atoms with E-state index in [1.54, 1.807) is 12.1 Å². The van der Waals surface area contributed by atoms with E-state index in [1.807, 2.05) is 19.1 Å². The molecule has 0 aliphatic rings. The van der Waals surface area contributed by atoms with Crippen molar-refractivity contribution in [1.29, 1.82) is 0 Å². The van der Waals surface area contributed by atoms with Crippen molar-refractivity contribution < 1.29 is 19.5 Å². The lowest BCUT2D eigenvalue weighted by Gasteiger charge is -2.09. The zero-order valence-corrected chi connectivity index (χ0v) is 16.3. The van der Waals surface area contributed by atoms with Crippen LogP contribution in [0.25, 0.3) is 11.4 Å². The molecule has 0 saturated carbocycles. The van der Waals surface area contributed by atoms with Gasteiger partial charge in [0.05, 0.1) is 36.5 Å². The van der Waals surface area contributed by atoms with E-state index in [2.05, 4.69) is 15.3 Å². The van der Waals surface area contributed by atoms with Crippen LogP contribution in [0.3, 0.4) is 0 Å². The first-order valence-corrected chi connectivity index (χ1v) is 8.86. The fourth-order valence-corrected chi connectivity index (χ4v) is 2.78. The largest absolute Gasteiger partial charge is 0.504 e. The second-order valence-electron chi connectivity index (χ2n) is 5.68. The lowest BCUT2D eigenvalue weighted by Crippen LogP contribution is -2.00. The first-order chi connectivity index (χ1) is 14.0. The summed E-state index contributed by atoms with van der Waals surface area (Å²) in [5, 5.41) is 32.5. The number of nitrogens with one attached hydrogen (secondary N) is 1. The number of benzene rings is 2. The average Bonchev–Trinajstić information content (AvgIpc) is 3.08. The summed E-state index contributed by atoms with van der Waals surface area (Å²) in [5.74, 6) is 0.652. The van der Waals surface area contributed by atoms with Gasteiger partial charge in [0.2, 0.25) is 4.77 Å². The lowest BCUT2D eigenvalue weighted by atomic mass is 10.1. The van der Waals surface area contributed by atoms with Crippen molar-refractivity contribution in [2.24, 2.45) is 5.10 Å². The lowest BCUT2D eigenvalue weighted by molar-refractivity contribution is -0.385. The highest BCUT2D eigenvalue weighted by molar-refractivity contribution is 7.71. The molecule has 3 aromatic rings. The molecule has 2 N–H and O–H groups in total. The zero-order valence-electron chi connectivity index (χ0n) is 15.5. The van der Waals surface area contributed by atoms with Crippen molar-refractivity contribution in [1.82, 2.24) is 14.9 Å². The minimum Gasteiger partial charge on any atom is -0.504 e. The van der Waals surface area contributed by atoms with Crippen LogP contribution in [0.2, 0.25) is 0 Å². The predicted molar refractivity (Wildman–Crippen MR) is 108 cm³/mol. The molecule has 0 amide bonds. The highest BCUT2D eigenvalue weighted by Gasteiger charge is 2.17. The molecule has 3 rings (SSSR count). The Balaban J connectivity index is 2.09. The number of phenolic OH excluding ortho intramolecular Hbond substituents is 1. The van der Waals surface area contributed by atoms with Gasteiger partial charge in [0, 0.05) is 11.6 Å². The molecule has 1 aromatic heterocycles. The third-order valence-electron chi connectivity index (χ3n) is 3.91. The van der Waals surface area contributed by atoms with Crippen LogP contribution in [0, 0.1) is 14.9 Å². The quantitative estimate of drug-likeness (QED) is 0.261. The van der Waals surface area contributed by atoms with Crippen molar-refractivity contribution in [3.8, 4) is 28.6 Å². The number of para-hydroxylation sites is 1. The molecule has 0 aliphatic heterocycles. The molecule has 10 nitrogen and oxygen atoms in total. The van der Waals surface area contributed by atoms with Gasteiger partial charge in [-0.1, -0.05) is 12.1 Å². The molecule has 2 aromatic carbocycles. The van der Waals surface area contributed by atoms with Crippen molar-refractivity contribution in [2.75, 3.05) is 13.7 Å². The summed E-state index contributed by atoms with van der Waals surface area (Å²) in [6.45, 7) is 2.33. The third kappa shape index (κ3) is 4.09. The summed E-state index contributed by atoms with van der Waals surface area (Å²) < 4.78 is 12.1. The number of hydrogen-bond acceptors (Lipinski definition) is 8. The van der Waals surface area contributed by atoms with Gasteiger partial charge in [-0.2, -0.15) is 14.9 Å². The number of hydrogen-bond donors (Lipinski definition) is 2. The van der Waals surface area contributed by atoms with Crippen molar-refractivity contribution >= 4 is 24.1 Å². The van der Waals surface area contributed by atoms with Crippen molar-refractivity contribution in [2.45, 2.75) is 6.92 Å². The minimum absolute atomic E-state index is 0.0432. The Labute approximate surface area is 170 Å². The maximum atomic E-state index is 11.1.